The first-order valence-corrected chi connectivity index (χ1v) is 12.6. The molecule has 0 aliphatic carbocycles. The third kappa shape index (κ3) is 4.53. The van der Waals surface area contributed by atoms with E-state index in [2.05, 4.69) is 48.0 Å². The molecule has 2 aliphatic rings. The molecule has 2 aliphatic heterocycles. The van der Waals surface area contributed by atoms with Gasteiger partial charge in [0.05, 0.1) is 18.0 Å². The number of carbonyl (C=O) groups excluding carboxylic acids is 2. The van der Waals surface area contributed by atoms with Gasteiger partial charge in [-0.05, 0) is 61.4 Å². The molecule has 0 unspecified atom stereocenters. The van der Waals surface area contributed by atoms with E-state index < -0.39 is 0 Å². The average Bonchev–Trinajstić information content (AvgIpc) is 2.86. The van der Waals surface area contributed by atoms with Gasteiger partial charge < -0.3 is 14.7 Å². The van der Waals surface area contributed by atoms with Crippen LogP contribution in [0.2, 0.25) is 0 Å². The van der Waals surface area contributed by atoms with Gasteiger partial charge in [-0.25, -0.2) is 4.98 Å². The van der Waals surface area contributed by atoms with Crippen molar-refractivity contribution < 1.29 is 9.59 Å². The number of hydrogen-bond acceptors (Lipinski definition) is 5. The zero-order chi connectivity index (χ0) is 23.7. The summed E-state index contributed by atoms with van der Waals surface area (Å²) in [6.45, 7) is 6.95. The number of benzene rings is 2. The molecule has 34 heavy (non-hydrogen) atoms. The van der Waals surface area contributed by atoms with Gasteiger partial charge >= 0.3 is 0 Å². The van der Waals surface area contributed by atoms with Crippen LogP contribution >= 0.6 is 11.8 Å². The number of fused-ring (bicyclic) bond motifs is 1. The highest BCUT2D eigenvalue weighted by Crippen LogP contribution is 2.34. The highest BCUT2D eigenvalue weighted by atomic mass is 32.2. The Kier molecular flexibility index (Phi) is 6.28. The minimum atomic E-state index is 0.0577. The lowest BCUT2D eigenvalue weighted by molar-refractivity contribution is -0.116. The van der Waals surface area contributed by atoms with Crippen molar-refractivity contribution in [3.05, 3.63) is 83.6 Å². The van der Waals surface area contributed by atoms with Crippen LogP contribution < -0.4 is 9.80 Å². The van der Waals surface area contributed by atoms with Gasteiger partial charge in [0.15, 0.2) is 0 Å². The summed E-state index contributed by atoms with van der Waals surface area (Å²) in [5.74, 6) is 0.529. The van der Waals surface area contributed by atoms with Crippen LogP contribution in [0.3, 0.4) is 0 Å². The van der Waals surface area contributed by atoms with E-state index in [1.54, 1.807) is 11.1 Å². The van der Waals surface area contributed by atoms with E-state index in [9.17, 15) is 9.59 Å². The quantitative estimate of drug-likeness (QED) is 0.564. The predicted molar refractivity (Wildman–Crippen MR) is 136 cm³/mol. The van der Waals surface area contributed by atoms with Crippen LogP contribution in [-0.4, -0.2) is 53.1 Å². The molecule has 1 saturated heterocycles. The van der Waals surface area contributed by atoms with Crippen molar-refractivity contribution >= 4 is 35.0 Å². The fraction of sp³-hybridized carbons (Fsp3) is 0.296. The molecule has 3 aromatic rings. The van der Waals surface area contributed by atoms with Crippen molar-refractivity contribution in [2.75, 3.05) is 35.2 Å². The molecule has 3 heterocycles. The molecule has 0 saturated carbocycles. The van der Waals surface area contributed by atoms with Gasteiger partial charge in [0.1, 0.15) is 5.03 Å². The van der Waals surface area contributed by atoms with Crippen molar-refractivity contribution in [3.63, 3.8) is 0 Å². The molecule has 174 valence electrons. The summed E-state index contributed by atoms with van der Waals surface area (Å²) in [7, 11) is 0. The Morgan fingerprint density at radius 2 is 1.91 bits per heavy atom. The van der Waals surface area contributed by atoms with E-state index in [0.717, 1.165) is 22.8 Å². The van der Waals surface area contributed by atoms with Gasteiger partial charge in [-0.2, -0.15) is 0 Å². The third-order valence-corrected chi connectivity index (χ3v) is 7.44. The molecule has 0 bridgehead atoms. The largest absolute Gasteiger partial charge is 0.365 e. The lowest BCUT2D eigenvalue weighted by Crippen LogP contribution is -2.53. The molecule has 1 fully saturated rings. The second-order valence-electron chi connectivity index (χ2n) is 8.93. The van der Waals surface area contributed by atoms with E-state index >= 15 is 0 Å². The number of thioether (sulfide) groups is 1. The second kappa shape index (κ2) is 9.50. The molecule has 2 amide bonds. The Morgan fingerprint density at radius 3 is 2.68 bits per heavy atom. The fourth-order valence-corrected chi connectivity index (χ4v) is 5.54. The Morgan fingerprint density at radius 1 is 1.09 bits per heavy atom. The smallest absolute Gasteiger partial charge is 0.253 e. The highest BCUT2D eigenvalue weighted by molar-refractivity contribution is 8.00. The summed E-state index contributed by atoms with van der Waals surface area (Å²) in [5, 5.41) is 0.882. The first kappa shape index (κ1) is 22.5. The molecule has 7 heteroatoms. The number of carbonyl (C=O) groups is 2. The summed E-state index contributed by atoms with van der Waals surface area (Å²) >= 11 is 1.48. The molecule has 0 N–H and O–H groups in total. The molecule has 6 nitrogen and oxygen atoms in total. The standard InChI is InChI=1S/C27H28N4O2S/c1-19-5-3-6-23(15-19)30-14-13-29(16-20(30)2)27(33)22-10-8-21(9-11-22)17-31-24-7-4-12-28-26(24)34-18-25(31)32/h3-12,15,20H,13-14,16-18H2,1-2H3/t20-/m1/s1. The predicted octanol–water partition coefficient (Wildman–Crippen LogP) is 4.38. The number of hydrogen-bond donors (Lipinski definition) is 0. The topological polar surface area (TPSA) is 56.8 Å². The Balaban J connectivity index is 1.25. The van der Waals surface area contributed by atoms with Crippen LogP contribution in [0.15, 0.2) is 71.9 Å². The SMILES string of the molecule is Cc1cccc(N2CCN(C(=O)c3ccc(CN4C(=O)CSc5ncccc54)cc3)C[C@H]2C)c1. The first-order chi connectivity index (χ1) is 16.5. The van der Waals surface area contributed by atoms with Crippen LogP contribution in [0.25, 0.3) is 0 Å². The molecule has 1 aromatic heterocycles. The number of aryl methyl sites for hydroxylation is 1. The first-order valence-electron chi connectivity index (χ1n) is 11.6. The van der Waals surface area contributed by atoms with E-state index in [-0.39, 0.29) is 17.9 Å². The minimum Gasteiger partial charge on any atom is -0.365 e. The van der Waals surface area contributed by atoms with Crippen LogP contribution in [-0.2, 0) is 11.3 Å². The average molecular weight is 473 g/mol. The minimum absolute atomic E-state index is 0.0577. The summed E-state index contributed by atoms with van der Waals surface area (Å²) in [6.07, 6.45) is 1.75. The Hall–Kier alpha value is -3.32. The maximum absolute atomic E-state index is 13.2. The lowest BCUT2D eigenvalue weighted by atomic mass is 10.1. The number of piperazine rings is 1. The van der Waals surface area contributed by atoms with Gasteiger partial charge in [-0.15, -0.1) is 0 Å². The number of pyridine rings is 1. The summed E-state index contributed by atoms with van der Waals surface area (Å²) in [4.78, 5) is 36.2. The lowest BCUT2D eigenvalue weighted by Gasteiger charge is -2.41. The molecule has 5 rings (SSSR count). The number of rotatable bonds is 4. The monoisotopic (exact) mass is 472 g/mol. The van der Waals surface area contributed by atoms with E-state index in [1.807, 2.05) is 41.3 Å². The molecule has 0 spiro atoms. The van der Waals surface area contributed by atoms with Crippen molar-refractivity contribution in [1.82, 2.24) is 9.88 Å². The van der Waals surface area contributed by atoms with Crippen molar-refractivity contribution in [3.8, 4) is 0 Å². The number of anilines is 2. The fourth-order valence-electron chi connectivity index (χ4n) is 4.66. The Labute approximate surface area is 204 Å². The Bertz CT molecular complexity index is 1210. The van der Waals surface area contributed by atoms with Crippen LogP contribution in [0.1, 0.15) is 28.4 Å². The third-order valence-electron chi connectivity index (χ3n) is 6.46. The van der Waals surface area contributed by atoms with Gasteiger partial charge in [0.25, 0.3) is 5.91 Å². The summed E-state index contributed by atoms with van der Waals surface area (Å²) in [6, 6.07) is 20.2. The van der Waals surface area contributed by atoms with Crippen molar-refractivity contribution in [2.45, 2.75) is 31.5 Å². The molecule has 0 radical (unpaired) electrons. The van der Waals surface area contributed by atoms with Crippen LogP contribution in [0.5, 0.6) is 0 Å². The zero-order valence-electron chi connectivity index (χ0n) is 19.5. The number of amides is 2. The highest BCUT2D eigenvalue weighted by Gasteiger charge is 2.28. The van der Waals surface area contributed by atoms with Crippen molar-refractivity contribution in [2.24, 2.45) is 0 Å². The van der Waals surface area contributed by atoms with E-state index in [1.165, 1.54) is 23.0 Å². The maximum Gasteiger partial charge on any atom is 0.253 e. The van der Waals surface area contributed by atoms with Crippen molar-refractivity contribution in [1.29, 1.82) is 0 Å². The van der Waals surface area contributed by atoms with Gasteiger partial charge in [-0.1, -0.05) is 36.0 Å². The number of nitrogens with zero attached hydrogens (tertiary/aromatic N) is 4. The van der Waals surface area contributed by atoms with Gasteiger partial charge in [-0.3, -0.25) is 9.59 Å². The summed E-state index contributed by atoms with van der Waals surface area (Å²) in [5.41, 5.74) is 4.98. The van der Waals surface area contributed by atoms with E-state index in [0.29, 0.717) is 31.0 Å². The molecular weight excluding hydrogens is 444 g/mol. The number of aromatic nitrogens is 1. The van der Waals surface area contributed by atoms with Gasteiger partial charge in [0, 0.05) is 43.1 Å². The molecular formula is C27H28N4O2S. The second-order valence-corrected chi connectivity index (χ2v) is 9.89. The maximum atomic E-state index is 13.2. The van der Waals surface area contributed by atoms with E-state index in [4.69, 9.17) is 0 Å². The zero-order valence-corrected chi connectivity index (χ0v) is 20.3. The molecule has 2 aromatic carbocycles. The summed E-state index contributed by atoms with van der Waals surface area (Å²) < 4.78 is 0. The van der Waals surface area contributed by atoms with Crippen LogP contribution in [0, 0.1) is 6.92 Å². The van der Waals surface area contributed by atoms with Gasteiger partial charge in [0.2, 0.25) is 5.91 Å². The normalized spacial score (nSPS) is 18.1. The molecule has 1 atom stereocenters. The van der Waals surface area contributed by atoms with Crippen LogP contribution in [0.4, 0.5) is 11.4 Å².